The van der Waals surface area contributed by atoms with Crippen molar-refractivity contribution in [2.75, 3.05) is 0 Å². The summed E-state index contributed by atoms with van der Waals surface area (Å²) in [6.45, 7) is 1.93. The number of benzene rings is 1. The van der Waals surface area contributed by atoms with E-state index in [1.165, 1.54) is 11.3 Å². The van der Waals surface area contributed by atoms with Gasteiger partial charge in [0, 0.05) is 6.20 Å². The summed E-state index contributed by atoms with van der Waals surface area (Å²) < 4.78 is 1.73. The second-order valence-electron chi connectivity index (χ2n) is 4.50. The van der Waals surface area contributed by atoms with Crippen molar-refractivity contribution < 1.29 is 5.11 Å². The molecule has 5 heteroatoms. The van der Waals surface area contributed by atoms with Crippen molar-refractivity contribution in [2.24, 2.45) is 0 Å². The molecule has 3 nitrogen and oxygen atoms in total. The van der Waals surface area contributed by atoms with E-state index in [4.69, 9.17) is 11.6 Å². The molecule has 102 valence electrons. The third-order valence-corrected chi connectivity index (χ3v) is 4.89. The van der Waals surface area contributed by atoms with Crippen LogP contribution in [0.5, 0.6) is 0 Å². The van der Waals surface area contributed by atoms with Gasteiger partial charge in [0.2, 0.25) is 0 Å². The van der Waals surface area contributed by atoms with Crippen LogP contribution in [-0.2, 0) is 0 Å². The van der Waals surface area contributed by atoms with Crippen LogP contribution < -0.4 is 0 Å². The quantitative estimate of drug-likeness (QED) is 0.795. The van der Waals surface area contributed by atoms with E-state index in [1.54, 1.807) is 10.9 Å². The minimum absolute atomic E-state index is 0.628. The number of hydrogen-bond acceptors (Lipinski definition) is 3. The molecule has 1 aromatic carbocycles. The van der Waals surface area contributed by atoms with Gasteiger partial charge in [-0.05, 0) is 36.1 Å². The average Bonchev–Trinajstić information content (AvgIpc) is 3.08. The van der Waals surface area contributed by atoms with Crippen molar-refractivity contribution in [1.82, 2.24) is 9.78 Å². The lowest BCUT2D eigenvalue weighted by Gasteiger charge is -2.13. The van der Waals surface area contributed by atoms with E-state index in [-0.39, 0.29) is 0 Å². The Bertz CT molecular complexity index is 721. The molecule has 0 radical (unpaired) electrons. The summed E-state index contributed by atoms with van der Waals surface area (Å²) in [5.74, 6) is 0. The summed E-state index contributed by atoms with van der Waals surface area (Å²) in [6, 6.07) is 11.5. The lowest BCUT2D eigenvalue weighted by atomic mass is 10.2. The van der Waals surface area contributed by atoms with E-state index in [9.17, 15) is 5.11 Å². The molecular formula is C15H13ClN2OS. The van der Waals surface area contributed by atoms with Gasteiger partial charge in [-0.25, -0.2) is 4.68 Å². The normalized spacial score (nSPS) is 12.6. The number of thiophene rings is 1. The third-order valence-electron chi connectivity index (χ3n) is 3.13. The Morgan fingerprint density at radius 1 is 1.25 bits per heavy atom. The monoisotopic (exact) mass is 304 g/mol. The summed E-state index contributed by atoms with van der Waals surface area (Å²) in [5, 5.41) is 17.4. The highest BCUT2D eigenvalue weighted by atomic mass is 35.5. The molecule has 3 aromatic rings. The summed E-state index contributed by atoms with van der Waals surface area (Å²) in [5.41, 5.74) is 2.60. The smallest absolute Gasteiger partial charge is 0.132 e. The average molecular weight is 305 g/mol. The van der Waals surface area contributed by atoms with Gasteiger partial charge in [0.1, 0.15) is 6.10 Å². The van der Waals surface area contributed by atoms with Crippen LogP contribution >= 0.6 is 22.9 Å². The van der Waals surface area contributed by atoms with E-state index in [2.05, 4.69) is 5.10 Å². The molecule has 0 saturated heterocycles. The number of para-hydroxylation sites is 1. The van der Waals surface area contributed by atoms with E-state index in [0.717, 1.165) is 16.1 Å². The first-order valence-electron chi connectivity index (χ1n) is 6.19. The molecule has 0 aliphatic heterocycles. The van der Waals surface area contributed by atoms with Gasteiger partial charge < -0.3 is 5.11 Å². The Labute approximate surface area is 126 Å². The number of aliphatic hydroxyl groups is 1. The van der Waals surface area contributed by atoms with Crippen LogP contribution in [0.15, 0.2) is 48.0 Å². The fourth-order valence-corrected chi connectivity index (χ4v) is 3.37. The Morgan fingerprint density at radius 3 is 2.65 bits per heavy atom. The second kappa shape index (κ2) is 5.40. The number of rotatable bonds is 3. The maximum atomic E-state index is 10.6. The Balaban J connectivity index is 2.04. The Morgan fingerprint density at radius 2 is 2.00 bits per heavy atom. The van der Waals surface area contributed by atoms with Crippen molar-refractivity contribution in [3.05, 3.63) is 69.1 Å². The first-order valence-corrected chi connectivity index (χ1v) is 7.45. The molecule has 1 N–H and O–H groups in total. The first kappa shape index (κ1) is 13.4. The van der Waals surface area contributed by atoms with Crippen molar-refractivity contribution in [3.8, 4) is 5.69 Å². The highest BCUT2D eigenvalue weighted by Gasteiger charge is 2.21. The van der Waals surface area contributed by atoms with Gasteiger partial charge in [-0.1, -0.05) is 29.8 Å². The molecule has 0 saturated carbocycles. The molecule has 0 spiro atoms. The van der Waals surface area contributed by atoms with Crippen LogP contribution in [0.3, 0.4) is 0 Å². The standard InChI is InChI=1S/C15H13ClN2OS/c1-10-9-20-15(13(10)16)14(19)12-7-8-17-18(12)11-5-3-2-4-6-11/h2-9,14,19H,1H3. The highest BCUT2D eigenvalue weighted by Crippen LogP contribution is 2.36. The van der Waals surface area contributed by atoms with Crippen LogP contribution in [0.2, 0.25) is 5.02 Å². The lowest BCUT2D eigenvalue weighted by molar-refractivity contribution is 0.216. The summed E-state index contributed by atoms with van der Waals surface area (Å²) in [6.07, 6.45) is 0.906. The van der Waals surface area contributed by atoms with Crippen LogP contribution in [0.4, 0.5) is 0 Å². The van der Waals surface area contributed by atoms with Crippen molar-refractivity contribution in [2.45, 2.75) is 13.0 Å². The molecule has 3 rings (SSSR count). The van der Waals surface area contributed by atoms with Gasteiger partial charge in [-0.15, -0.1) is 11.3 Å². The largest absolute Gasteiger partial charge is 0.381 e. The third kappa shape index (κ3) is 2.26. The zero-order chi connectivity index (χ0) is 14.1. The van der Waals surface area contributed by atoms with Gasteiger partial charge in [0.15, 0.2) is 0 Å². The molecule has 0 aliphatic rings. The predicted molar refractivity (Wildman–Crippen MR) is 81.7 cm³/mol. The van der Waals surface area contributed by atoms with E-state index in [0.29, 0.717) is 10.7 Å². The van der Waals surface area contributed by atoms with E-state index in [1.807, 2.05) is 48.7 Å². The SMILES string of the molecule is Cc1csc(C(O)c2ccnn2-c2ccccc2)c1Cl. The summed E-state index contributed by atoms with van der Waals surface area (Å²) in [7, 11) is 0. The van der Waals surface area contributed by atoms with Gasteiger partial charge in [0.25, 0.3) is 0 Å². The fourth-order valence-electron chi connectivity index (χ4n) is 2.07. The van der Waals surface area contributed by atoms with Gasteiger partial charge >= 0.3 is 0 Å². The zero-order valence-electron chi connectivity index (χ0n) is 10.8. The number of nitrogens with zero attached hydrogens (tertiary/aromatic N) is 2. The van der Waals surface area contributed by atoms with E-state index >= 15 is 0 Å². The molecule has 20 heavy (non-hydrogen) atoms. The molecule has 2 aromatic heterocycles. The molecule has 0 fully saturated rings. The summed E-state index contributed by atoms with van der Waals surface area (Å²) in [4.78, 5) is 0.752. The zero-order valence-corrected chi connectivity index (χ0v) is 12.4. The number of halogens is 1. The van der Waals surface area contributed by atoms with Crippen molar-refractivity contribution in [1.29, 1.82) is 0 Å². The maximum Gasteiger partial charge on any atom is 0.132 e. The molecule has 0 bridgehead atoms. The predicted octanol–water partition coefficient (Wildman–Crippen LogP) is 3.98. The van der Waals surface area contributed by atoms with Crippen LogP contribution in [0.25, 0.3) is 5.69 Å². The topological polar surface area (TPSA) is 38.1 Å². The van der Waals surface area contributed by atoms with Crippen molar-refractivity contribution >= 4 is 22.9 Å². The molecule has 0 aliphatic carbocycles. The van der Waals surface area contributed by atoms with Gasteiger partial charge in [-0.2, -0.15) is 5.10 Å². The second-order valence-corrected chi connectivity index (χ2v) is 5.79. The molecule has 2 heterocycles. The minimum Gasteiger partial charge on any atom is -0.381 e. The molecule has 1 atom stereocenters. The number of aryl methyl sites for hydroxylation is 1. The number of aliphatic hydroxyl groups excluding tert-OH is 1. The van der Waals surface area contributed by atoms with Crippen LogP contribution in [-0.4, -0.2) is 14.9 Å². The maximum absolute atomic E-state index is 10.6. The van der Waals surface area contributed by atoms with Gasteiger partial charge in [0.05, 0.1) is 21.3 Å². The number of hydrogen-bond donors (Lipinski definition) is 1. The van der Waals surface area contributed by atoms with Gasteiger partial charge in [-0.3, -0.25) is 0 Å². The molecule has 0 amide bonds. The highest BCUT2D eigenvalue weighted by molar-refractivity contribution is 7.10. The van der Waals surface area contributed by atoms with Crippen molar-refractivity contribution in [3.63, 3.8) is 0 Å². The van der Waals surface area contributed by atoms with E-state index < -0.39 is 6.10 Å². The Hall–Kier alpha value is -1.62. The fraction of sp³-hybridized carbons (Fsp3) is 0.133. The summed E-state index contributed by atoms with van der Waals surface area (Å²) >= 11 is 7.70. The van der Waals surface area contributed by atoms with Crippen LogP contribution in [0.1, 0.15) is 22.2 Å². The first-order chi connectivity index (χ1) is 9.68. The molecule has 1 unspecified atom stereocenters. The molecular weight excluding hydrogens is 292 g/mol. The van der Waals surface area contributed by atoms with Crippen LogP contribution in [0, 0.1) is 6.92 Å². The minimum atomic E-state index is -0.774. The Kier molecular flexibility index (Phi) is 3.61. The number of aromatic nitrogens is 2. The lowest BCUT2D eigenvalue weighted by Crippen LogP contribution is -2.07.